The minimum atomic E-state index is -0.113. The number of thiazole rings is 1. The third-order valence-corrected chi connectivity index (χ3v) is 7.49. The van der Waals surface area contributed by atoms with Crippen molar-refractivity contribution < 1.29 is 9.53 Å². The standard InChI is InChI=1S/C22H22ClN3O2S2.ClH/c1-25(2)12-7-13-26(22-24-19-15(28-3)9-6-11-17(19)30-22)21(27)20-18(23)14-8-4-5-10-16(14)29-20;/h4-6,8-11H,7,12-13H2,1-3H3;1H. The summed E-state index contributed by atoms with van der Waals surface area (Å²) in [5, 5.41) is 2.08. The van der Waals surface area contributed by atoms with E-state index in [-0.39, 0.29) is 18.3 Å². The molecule has 2 heterocycles. The Hall–Kier alpha value is -1.90. The lowest BCUT2D eigenvalue weighted by atomic mass is 10.2. The van der Waals surface area contributed by atoms with Crippen molar-refractivity contribution in [3.63, 3.8) is 0 Å². The first-order valence-electron chi connectivity index (χ1n) is 9.56. The van der Waals surface area contributed by atoms with Crippen LogP contribution in [0.25, 0.3) is 20.3 Å². The van der Waals surface area contributed by atoms with Crippen LogP contribution in [0.5, 0.6) is 5.75 Å². The van der Waals surface area contributed by atoms with Crippen molar-refractivity contribution in [2.45, 2.75) is 6.42 Å². The van der Waals surface area contributed by atoms with E-state index < -0.39 is 0 Å². The summed E-state index contributed by atoms with van der Waals surface area (Å²) in [7, 11) is 5.68. The molecule has 5 nitrogen and oxygen atoms in total. The van der Waals surface area contributed by atoms with Crippen LogP contribution in [0.1, 0.15) is 16.1 Å². The first kappa shape index (κ1) is 23.8. The molecule has 0 aliphatic heterocycles. The summed E-state index contributed by atoms with van der Waals surface area (Å²) in [6.07, 6.45) is 0.828. The van der Waals surface area contributed by atoms with Crippen molar-refractivity contribution in [1.29, 1.82) is 0 Å². The minimum Gasteiger partial charge on any atom is -0.494 e. The van der Waals surface area contributed by atoms with Crippen molar-refractivity contribution in [3.8, 4) is 5.75 Å². The average Bonchev–Trinajstić information content (AvgIpc) is 3.32. The Balaban J connectivity index is 0.00000272. The van der Waals surface area contributed by atoms with Crippen LogP contribution in [-0.4, -0.2) is 50.1 Å². The van der Waals surface area contributed by atoms with Gasteiger partial charge in [0.1, 0.15) is 16.1 Å². The number of hydrogen-bond donors (Lipinski definition) is 0. The fourth-order valence-electron chi connectivity index (χ4n) is 3.30. The SMILES string of the molecule is COc1cccc2sc(N(CCCN(C)C)C(=O)c3sc4ccccc4c3Cl)nc12.Cl. The number of hydrogen-bond acceptors (Lipinski definition) is 6. The number of para-hydroxylation sites is 1. The summed E-state index contributed by atoms with van der Waals surface area (Å²) in [6.45, 7) is 1.43. The molecule has 0 aliphatic carbocycles. The first-order chi connectivity index (χ1) is 14.5. The number of nitrogens with zero attached hydrogens (tertiary/aromatic N) is 3. The Morgan fingerprint density at radius 1 is 1.06 bits per heavy atom. The highest BCUT2D eigenvalue weighted by atomic mass is 35.5. The van der Waals surface area contributed by atoms with Crippen molar-refractivity contribution in [2.75, 3.05) is 39.2 Å². The molecule has 2 aromatic carbocycles. The lowest BCUT2D eigenvalue weighted by Crippen LogP contribution is -2.33. The average molecular weight is 496 g/mol. The van der Waals surface area contributed by atoms with Crippen LogP contribution in [0, 0.1) is 0 Å². The number of fused-ring (bicyclic) bond motifs is 2. The summed E-state index contributed by atoms with van der Waals surface area (Å²) in [5.74, 6) is 0.591. The summed E-state index contributed by atoms with van der Waals surface area (Å²) in [4.78, 5) is 22.8. The molecule has 0 saturated heterocycles. The van der Waals surface area contributed by atoms with E-state index in [1.54, 1.807) is 12.0 Å². The molecule has 0 radical (unpaired) electrons. The van der Waals surface area contributed by atoms with Crippen LogP contribution < -0.4 is 9.64 Å². The number of carbonyl (C=O) groups is 1. The smallest absolute Gasteiger partial charge is 0.271 e. The highest BCUT2D eigenvalue weighted by Gasteiger charge is 2.26. The highest BCUT2D eigenvalue weighted by molar-refractivity contribution is 7.23. The maximum atomic E-state index is 13.6. The summed E-state index contributed by atoms with van der Waals surface area (Å²) in [6, 6.07) is 13.6. The van der Waals surface area contributed by atoms with Crippen LogP contribution in [0.4, 0.5) is 5.13 Å². The second-order valence-corrected chi connectivity index (χ2v) is 9.60. The zero-order chi connectivity index (χ0) is 21.3. The lowest BCUT2D eigenvalue weighted by molar-refractivity contribution is 0.0990. The largest absolute Gasteiger partial charge is 0.494 e. The lowest BCUT2D eigenvalue weighted by Gasteiger charge is -2.20. The normalized spacial score (nSPS) is 11.1. The molecule has 164 valence electrons. The predicted molar refractivity (Wildman–Crippen MR) is 135 cm³/mol. The number of ether oxygens (including phenoxy) is 1. The van der Waals surface area contributed by atoms with Gasteiger partial charge in [-0.25, -0.2) is 4.98 Å². The van der Waals surface area contributed by atoms with E-state index in [4.69, 9.17) is 21.3 Å². The summed E-state index contributed by atoms with van der Waals surface area (Å²) < 4.78 is 7.44. The number of rotatable bonds is 7. The van der Waals surface area contributed by atoms with Gasteiger partial charge in [0, 0.05) is 16.6 Å². The van der Waals surface area contributed by atoms with Gasteiger partial charge in [-0.05, 0) is 45.3 Å². The number of methoxy groups -OCH3 is 1. The van der Waals surface area contributed by atoms with E-state index >= 15 is 0 Å². The highest BCUT2D eigenvalue weighted by Crippen LogP contribution is 2.39. The minimum absolute atomic E-state index is 0. The van der Waals surface area contributed by atoms with Gasteiger partial charge >= 0.3 is 0 Å². The molecular weight excluding hydrogens is 473 g/mol. The van der Waals surface area contributed by atoms with Crippen molar-refractivity contribution in [1.82, 2.24) is 9.88 Å². The van der Waals surface area contributed by atoms with Gasteiger partial charge in [0.15, 0.2) is 5.13 Å². The van der Waals surface area contributed by atoms with Crippen LogP contribution in [-0.2, 0) is 0 Å². The van der Waals surface area contributed by atoms with Gasteiger partial charge in [0.25, 0.3) is 5.91 Å². The first-order valence-corrected chi connectivity index (χ1v) is 11.6. The van der Waals surface area contributed by atoms with E-state index in [9.17, 15) is 4.79 Å². The Morgan fingerprint density at radius 3 is 2.52 bits per heavy atom. The molecule has 2 aromatic heterocycles. The maximum Gasteiger partial charge on any atom is 0.271 e. The Bertz CT molecular complexity index is 1210. The second kappa shape index (κ2) is 10.1. The number of thiophene rings is 1. The molecule has 0 atom stereocenters. The number of anilines is 1. The van der Waals surface area contributed by atoms with Crippen molar-refractivity contribution >= 4 is 78.0 Å². The van der Waals surface area contributed by atoms with Gasteiger partial charge < -0.3 is 9.64 Å². The van der Waals surface area contributed by atoms with Crippen LogP contribution in [0.2, 0.25) is 5.02 Å². The zero-order valence-corrected chi connectivity index (χ0v) is 20.6. The van der Waals surface area contributed by atoms with Gasteiger partial charge in [-0.2, -0.15) is 0 Å². The number of carbonyl (C=O) groups excluding carboxylic acids is 1. The third kappa shape index (κ3) is 4.81. The van der Waals surface area contributed by atoms with Crippen LogP contribution >= 0.6 is 46.7 Å². The summed E-state index contributed by atoms with van der Waals surface area (Å²) >= 11 is 9.53. The van der Waals surface area contributed by atoms with E-state index in [1.165, 1.54) is 22.7 Å². The third-order valence-electron chi connectivity index (χ3n) is 4.78. The predicted octanol–water partition coefficient (Wildman–Crippen LogP) is 6.19. The van der Waals surface area contributed by atoms with Gasteiger partial charge in [-0.15, -0.1) is 23.7 Å². The molecule has 9 heteroatoms. The molecular formula is C22H23Cl2N3O2S2. The van der Waals surface area contributed by atoms with Gasteiger partial charge in [0.05, 0.1) is 16.8 Å². The topological polar surface area (TPSA) is 45.7 Å². The molecule has 4 rings (SSSR count). The van der Waals surface area contributed by atoms with Gasteiger partial charge in [-0.1, -0.05) is 47.2 Å². The van der Waals surface area contributed by atoms with Gasteiger partial charge in [0.2, 0.25) is 0 Å². The van der Waals surface area contributed by atoms with Crippen LogP contribution in [0.15, 0.2) is 42.5 Å². The monoisotopic (exact) mass is 495 g/mol. The quantitative estimate of drug-likeness (QED) is 0.306. The molecule has 31 heavy (non-hydrogen) atoms. The van der Waals surface area contributed by atoms with Gasteiger partial charge in [-0.3, -0.25) is 9.69 Å². The molecule has 0 bridgehead atoms. The molecule has 0 spiro atoms. The molecule has 1 amide bonds. The maximum absolute atomic E-state index is 13.6. The number of halogens is 2. The zero-order valence-electron chi connectivity index (χ0n) is 17.4. The van der Waals surface area contributed by atoms with Crippen molar-refractivity contribution in [2.24, 2.45) is 0 Å². The molecule has 0 saturated carbocycles. The number of aromatic nitrogens is 1. The van der Waals surface area contributed by atoms with E-state index in [2.05, 4.69) is 4.90 Å². The molecule has 0 N–H and O–H groups in total. The second-order valence-electron chi connectivity index (χ2n) is 7.16. The fourth-order valence-corrected chi connectivity index (χ4v) is 5.76. The Labute approximate surface area is 200 Å². The number of benzene rings is 2. The molecule has 0 fully saturated rings. The molecule has 0 aliphatic rings. The Kier molecular flexibility index (Phi) is 7.78. The van der Waals surface area contributed by atoms with E-state index in [0.29, 0.717) is 27.3 Å². The molecule has 4 aromatic rings. The fraction of sp³-hybridized carbons (Fsp3) is 0.273. The van der Waals surface area contributed by atoms with E-state index in [1.807, 2.05) is 56.6 Å². The summed E-state index contributed by atoms with van der Waals surface area (Å²) in [5.41, 5.74) is 0.771. The van der Waals surface area contributed by atoms with Crippen molar-refractivity contribution in [3.05, 3.63) is 52.4 Å². The number of amides is 1. The van der Waals surface area contributed by atoms with E-state index in [0.717, 1.165) is 33.3 Å². The molecule has 0 unspecified atom stereocenters. The van der Waals surface area contributed by atoms with Crippen LogP contribution in [0.3, 0.4) is 0 Å². The Morgan fingerprint density at radius 2 is 1.81 bits per heavy atom.